The normalized spacial score (nSPS) is 11.7. The molecule has 7 N–H and O–H groups in total. The average Bonchev–Trinajstić information content (AvgIpc) is 2.27. The van der Waals surface area contributed by atoms with E-state index in [0.717, 1.165) is 5.69 Å². The summed E-state index contributed by atoms with van der Waals surface area (Å²) in [6.45, 7) is 0. The number of imide groups is 1. The van der Waals surface area contributed by atoms with Gasteiger partial charge in [-0.15, -0.1) is 0 Å². The van der Waals surface area contributed by atoms with Gasteiger partial charge in [0.15, 0.2) is 0 Å². The smallest absolute Gasteiger partial charge is 0.352 e. The SMILES string of the molecule is NC(=O)NC(=O)C(Cl)P(=O)(O)O.Nc1ccccc1. The Morgan fingerprint density at radius 2 is 1.74 bits per heavy atom. The van der Waals surface area contributed by atoms with Crippen molar-refractivity contribution in [2.75, 3.05) is 5.73 Å². The fourth-order valence-corrected chi connectivity index (χ4v) is 1.21. The third kappa shape index (κ3) is 8.17. The molecule has 10 heteroatoms. The van der Waals surface area contributed by atoms with Crippen molar-refractivity contribution in [3.63, 3.8) is 0 Å². The fourth-order valence-electron chi connectivity index (χ4n) is 0.787. The molecule has 0 fully saturated rings. The predicted octanol–water partition coefficient (Wildman–Crippen LogP) is 0.193. The maximum absolute atomic E-state index is 10.6. The summed E-state index contributed by atoms with van der Waals surface area (Å²) in [5.74, 6) is -1.32. The van der Waals surface area contributed by atoms with Crippen molar-refractivity contribution in [1.82, 2.24) is 5.32 Å². The minimum Gasteiger partial charge on any atom is -0.399 e. The average molecular weight is 310 g/mol. The topological polar surface area (TPSA) is 156 Å². The van der Waals surface area contributed by atoms with Crippen LogP contribution < -0.4 is 16.8 Å². The Morgan fingerprint density at radius 3 is 2.00 bits per heavy atom. The second kappa shape index (κ2) is 7.75. The van der Waals surface area contributed by atoms with Gasteiger partial charge in [0.05, 0.1) is 0 Å². The number of urea groups is 1. The van der Waals surface area contributed by atoms with E-state index in [1.807, 2.05) is 30.3 Å². The maximum Gasteiger partial charge on any atom is 0.352 e. The monoisotopic (exact) mass is 309 g/mol. The molecule has 1 aromatic rings. The number of para-hydroxylation sites is 1. The van der Waals surface area contributed by atoms with Crippen LogP contribution in [-0.2, 0) is 9.36 Å². The minimum atomic E-state index is -4.72. The summed E-state index contributed by atoms with van der Waals surface area (Å²) in [7, 11) is -4.72. The van der Waals surface area contributed by atoms with Gasteiger partial charge in [-0.1, -0.05) is 29.8 Å². The van der Waals surface area contributed by atoms with Gasteiger partial charge in [0.2, 0.25) is 5.12 Å². The molecule has 3 amide bonds. The first-order valence-electron chi connectivity index (χ1n) is 4.74. The Labute approximate surface area is 113 Å². The van der Waals surface area contributed by atoms with Crippen molar-refractivity contribution in [1.29, 1.82) is 0 Å². The summed E-state index contributed by atoms with van der Waals surface area (Å²) in [6, 6.07) is 8.26. The Balaban J connectivity index is 0.000000388. The van der Waals surface area contributed by atoms with Crippen LogP contribution in [0.1, 0.15) is 0 Å². The molecule has 1 aromatic carbocycles. The lowest BCUT2D eigenvalue weighted by Crippen LogP contribution is -2.39. The van der Waals surface area contributed by atoms with Crippen LogP contribution in [0.4, 0.5) is 10.5 Å². The third-order valence-electron chi connectivity index (χ3n) is 1.56. The van der Waals surface area contributed by atoms with Gasteiger partial charge in [0.25, 0.3) is 5.91 Å². The van der Waals surface area contributed by atoms with Crippen LogP contribution in [-0.4, -0.2) is 26.8 Å². The zero-order valence-electron chi connectivity index (χ0n) is 9.56. The van der Waals surface area contributed by atoms with E-state index in [4.69, 9.17) is 27.1 Å². The fraction of sp³-hybridized carbons (Fsp3) is 0.111. The van der Waals surface area contributed by atoms with Gasteiger partial charge >= 0.3 is 13.6 Å². The summed E-state index contributed by atoms with van der Waals surface area (Å²) < 4.78 is 10.3. The quantitative estimate of drug-likeness (QED) is 0.298. The van der Waals surface area contributed by atoms with Crippen molar-refractivity contribution in [2.45, 2.75) is 5.12 Å². The van der Waals surface area contributed by atoms with Crippen molar-refractivity contribution in [2.24, 2.45) is 5.73 Å². The van der Waals surface area contributed by atoms with Gasteiger partial charge in [-0.05, 0) is 12.1 Å². The number of carbonyl (C=O) groups is 2. The van der Waals surface area contributed by atoms with Crippen LogP contribution in [0, 0.1) is 0 Å². The summed E-state index contributed by atoms with van der Waals surface area (Å²) >= 11 is 4.97. The van der Waals surface area contributed by atoms with Crippen molar-refractivity contribution in [3.05, 3.63) is 30.3 Å². The molecule has 0 radical (unpaired) electrons. The molecule has 0 bridgehead atoms. The number of nitrogen functional groups attached to an aromatic ring is 1. The Bertz CT molecular complexity index is 478. The zero-order valence-corrected chi connectivity index (χ0v) is 11.2. The second-order valence-electron chi connectivity index (χ2n) is 3.19. The molecule has 0 aromatic heterocycles. The summed E-state index contributed by atoms with van der Waals surface area (Å²) in [5, 5.41) is -0.668. The largest absolute Gasteiger partial charge is 0.399 e. The molecule has 0 aliphatic rings. The lowest BCUT2D eigenvalue weighted by Gasteiger charge is -2.08. The lowest BCUT2D eigenvalue weighted by molar-refractivity contribution is -0.118. The van der Waals surface area contributed by atoms with Crippen LogP contribution in [0.15, 0.2) is 30.3 Å². The molecule has 0 heterocycles. The number of nitrogens with one attached hydrogen (secondary N) is 1. The van der Waals surface area contributed by atoms with Gasteiger partial charge in [-0.3, -0.25) is 14.7 Å². The molecule has 0 saturated carbocycles. The molecule has 1 unspecified atom stereocenters. The van der Waals surface area contributed by atoms with E-state index in [0.29, 0.717) is 0 Å². The summed E-state index contributed by atoms with van der Waals surface area (Å²) in [6.07, 6.45) is 0. The molecule has 8 nitrogen and oxygen atoms in total. The van der Waals surface area contributed by atoms with E-state index in [9.17, 15) is 14.2 Å². The molecule has 0 aliphatic heterocycles. The van der Waals surface area contributed by atoms with Gasteiger partial charge in [-0.2, -0.15) is 0 Å². The van der Waals surface area contributed by atoms with Crippen molar-refractivity contribution >= 4 is 36.8 Å². The highest BCUT2D eigenvalue weighted by Gasteiger charge is 2.34. The highest BCUT2D eigenvalue weighted by molar-refractivity contribution is 7.55. The predicted molar refractivity (Wildman–Crippen MR) is 70.3 cm³/mol. The minimum absolute atomic E-state index is 0.822. The van der Waals surface area contributed by atoms with Gasteiger partial charge in [0.1, 0.15) is 0 Å². The van der Waals surface area contributed by atoms with Crippen LogP contribution in [0.2, 0.25) is 0 Å². The van der Waals surface area contributed by atoms with Crippen LogP contribution >= 0.6 is 19.2 Å². The number of nitrogens with two attached hydrogens (primary N) is 2. The highest BCUT2D eigenvalue weighted by Crippen LogP contribution is 2.43. The summed E-state index contributed by atoms with van der Waals surface area (Å²) in [5.41, 5.74) is 10.7. The van der Waals surface area contributed by atoms with Gasteiger partial charge in [0, 0.05) is 5.69 Å². The Kier molecular flexibility index (Phi) is 7.10. The van der Waals surface area contributed by atoms with Crippen LogP contribution in [0.5, 0.6) is 0 Å². The third-order valence-corrected chi connectivity index (χ3v) is 3.34. The number of hydrogen-bond donors (Lipinski definition) is 5. The number of benzene rings is 1. The lowest BCUT2D eigenvalue weighted by atomic mass is 10.3. The van der Waals surface area contributed by atoms with Crippen molar-refractivity contribution < 1.29 is 23.9 Å². The first kappa shape index (κ1) is 17.4. The maximum atomic E-state index is 10.6. The van der Waals surface area contributed by atoms with E-state index in [1.165, 1.54) is 5.32 Å². The number of rotatable bonds is 2. The van der Waals surface area contributed by atoms with E-state index in [1.54, 1.807) is 0 Å². The number of halogens is 1. The molecule has 0 saturated heterocycles. The molecular weight excluding hydrogens is 297 g/mol. The Morgan fingerprint density at radius 1 is 1.26 bits per heavy atom. The molecule has 0 spiro atoms. The number of anilines is 1. The number of amides is 3. The van der Waals surface area contributed by atoms with E-state index in [-0.39, 0.29) is 0 Å². The Hall–Kier alpha value is -1.60. The van der Waals surface area contributed by atoms with Crippen LogP contribution in [0.25, 0.3) is 0 Å². The number of primary amides is 1. The van der Waals surface area contributed by atoms with E-state index < -0.39 is 24.7 Å². The molecule has 1 atom stereocenters. The van der Waals surface area contributed by atoms with E-state index in [2.05, 4.69) is 5.73 Å². The zero-order chi connectivity index (χ0) is 15.1. The summed E-state index contributed by atoms with van der Waals surface area (Å²) in [4.78, 5) is 37.3. The van der Waals surface area contributed by atoms with Crippen molar-refractivity contribution in [3.8, 4) is 0 Å². The number of alkyl halides is 1. The molecule has 106 valence electrons. The molecule has 1 rings (SSSR count). The van der Waals surface area contributed by atoms with Gasteiger partial charge < -0.3 is 21.3 Å². The standard InChI is InChI=1S/C6H7N.C3H6ClN2O5P/c7-6-4-2-1-3-5-6;4-1(12(9,10)11)2(7)6-3(5)8/h1-5H,7H2;1H,(H2,9,10,11)(H3,5,6,7,8). The van der Waals surface area contributed by atoms with Crippen LogP contribution in [0.3, 0.4) is 0 Å². The first-order valence-corrected chi connectivity index (χ1v) is 6.86. The van der Waals surface area contributed by atoms with Gasteiger partial charge in [-0.25, -0.2) is 4.79 Å². The molecular formula is C9H13ClN3O5P. The number of hydrogen-bond acceptors (Lipinski definition) is 4. The number of carbonyl (C=O) groups excluding carboxylic acids is 2. The molecule has 0 aliphatic carbocycles. The second-order valence-corrected chi connectivity index (χ2v) is 5.62. The molecule has 19 heavy (non-hydrogen) atoms. The first-order chi connectivity index (χ1) is 8.64. The van der Waals surface area contributed by atoms with E-state index >= 15 is 0 Å². The highest BCUT2D eigenvalue weighted by atomic mass is 35.5.